The molecule has 18 heavy (non-hydrogen) atoms. The molecule has 0 saturated heterocycles. The van der Waals surface area contributed by atoms with Crippen molar-refractivity contribution < 1.29 is 8.42 Å². The molecule has 1 aromatic carbocycles. The normalized spacial score (nSPS) is 12.1. The maximum atomic E-state index is 11.7. The van der Waals surface area contributed by atoms with E-state index >= 15 is 0 Å². The molecule has 2 N–H and O–H groups in total. The van der Waals surface area contributed by atoms with Gasteiger partial charge in [0.1, 0.15) is 0 Å². The zero-order valence-electron chi connectivity index (χ0n) is 10.5. The lowest BCUT2D eigenvalue weighted by molar-refractivity contribution is 0.588. The number of anilines is 1. The monoisotopic (exact) mass is 266 g/mol. The molecule has 98 valence electrons. The second kappa shape index (κ2) is 5.02. The average molecular weight is 266 g/mol. The number of benzene rings is 1. The number of nitrogens with zero attached hydrogens (tertiary/aromatic N) is 1. The molecule has 0 atom stereocenters. The first-order valence-electron chi connectivity index (χ1n) is 6.06. The summed E-state index contributed by atoms with van der Waals surface area (Å²) in [5, 5.41) is 1.04. The van der Waals surface area contributed by atoms with E-state index in [4.69, 9.17) is 5.73 Å². The van der Waals surface area contributed by atoms with E-state index in [0.29, 0.717) is 13.0 Å². The van der Waals surface area contributed by atoms with E-state index in [-0.39, 0.29) is 11.5 Å². The Balaban J connectivity index is 2.18. The van der Waals surface area contributed by atoms with E-state index < -0.39 is 9.84 Å². The number of aryl methyl sites for hydroxylation is 1. The van der Waals surface area contributed by atoms with E-state index in [1.807, 2.05) is 42.0 Å². The van der Waals surface area contributed by atoms with Crippen LogP contribution in [0.25, 0.3) is 10.9 Å². The Bertz CT molecular complexity index is 644. The van der Waals surface area contributed by atoms with Crippen LogP contribution in [0, 0.1) is 0 Å². The zero-order chi connectivity index (χ0) is 13.2. The van der Waals surface area contributed by atoms with Gasteiger partial charge in [0.05, 0.1) is 5.75 Å². The van der Waals surface area contributed by atoms with Crippen molar-refractivity contribution in [2.75, 3.05) is 17.2 Å². The van der Waals surface area contributed by atoms with Crippen LogP contribution in [-0.2, 0) is 16.4 Å². The van der Waals surface area contributed by atoms with Crippen molar-refractivity contribution in [3.8, 4) is 0 Å². The standard InChI is InChI=1S/C13H18N2O2S/c1-2-8-18(16,17)9-7-15-6-5-11-10-12(14)3-4-13(11)15/h3-6,10H,2,7-9,14H2,1H3. The van der Waals surface area contributed by atoms with E-state index in [1.165, 1.54) is 0 Å². The highest BCUT2D eigenvalue weighted by Gasteiger charge is 2.10. The third-order valence-electron chi connectivity index (χ3n) is 2.95. The summed E-state index contributed by atoms with van der Waals surface area (Å²) in [6.45, 7) is 2.38. The molecule has 0 amide bonds. The molecule has 0 aliphatic rings. The minimum absolute atomic E-state index is 0.189. The van der Waals surface area contributed by atoms with Crippen molar-refractivity contribution in [2.24, 2.45) is 0 Å². The molecule has 1 aromatic heterocycles. The molecule has 0 radical (unpaired) electrons. The van der Waals surface area contributed by atoms with Gasteiger partial charge in [0.15, 0.2) is 9.84 Å². The smallest absolute Gasteiger partial charge is 0.152 e. The Labute approximate surface area is 107 Å². The summed E-state index contributed by atoms with van der Waals surface area (Å²) in [5.41, 5.74) is 7.46. The van der Waals surface area contributed by atoms with Gasteiger partial charge in [0.2, 0.25) is 0 Å². The number of aromatic nitrogens is 1. The average Bonchev–Trinajstić information content (AvgIpc) is 2.68. The van der Waals surface area contributed by atoms with Crippen molar-refractivity contribution in [2.45, 2.75) is 19.9 Å². The Morgan fingerprint density at radius 3 is 2.72 bits per heavy atom. The van der Waals surface area contributed by atoms with Gasteiger partial charge in [-0.2, -0.15) is 0 Å². The van der Waals surface area contributed by atoms with Gasteiger partial charge in [0.25, 0.3) is 0 Å². The van der Waals surface area contributed by atoms with Crippen molar-refractivity contribution in [3.63, 3.8) is 0 Å². The van der Waals surface area contributed by atoms with Crippen LogP contribution in [0.4, 0.5) is 5.69 Å². The van der Waals surface area contributed by atoms with Gasteiger partial charge in [-0.3, -0.25) is 0 Å². The molecule has 0 bridgehead atoms. The van der Waals surface area contributed by atoms with Crippen LogP contribution < -0.4 is 5.73 Å². The van der Waals surface area contributed by atoms with Gasteiger partial charge in [-0.1, -0.05) is 6.92 Å². The highest BCUT2D eigenvalue weighted by Crippen LogP contribution is 2.18. The van der Waals surface area contributed by atoms with Crippen LogP contribution in [0.15, 0.2) is 30.5 Å². The third-order valence-corrected chi connectivity index (χ3v) is 4.79. The van der Waals surface area contributed by atoms with Gasteiger partial charge in [-0.05, 0) is 30.7 Å². The maximum absolute atomic E-state index is 11.7. The fourth-order valence-corrected chi connectivity index (χ4v) is 3.37. The zero-order valence-corrected chi connectivity index (χ0v) is 11.3. The van der Waals surface area contributed by atoms with Gasteiger partial charge in [-0.15, -0.1) is 0 Å². The summed E-state index contributed by atoms with van der Waals surface area (Å²) >= 11 is 0. The minimum atomic E-state index is -2.93. The largest absolute Gasteiger partial charge is 0.399 e. The van der Waals surface area contributed by atoms with Gasteiger partial charge >= 0.3 is 0 Å². The molecular weight excluding hydrogens is 248 g/mol. The quantitative estimate of drug-likeness (QED) is 0.842. The summed E-state index contributed by atoms with van der Waals surface area (Å²) in [5.74, 6) is 0.453. The summed E-state index contributed by atoms with van der Waals surface area (Å²) in [7, 11) is -2.93. The molecule has 2 rings (SSSR count). The fraction of sp³-hybridized carbons (Fsp3) is 0.385. The van der Waals surface area contributed by atoms with Gasteiger partial charge in [0, 0.05) is 35.1 Å². The van der Waals surface area contributed by atoms with E-state index in [1.54, 1.807) is 0 Å². The van der Waals surface area contributed by atoms with Crippen LogP contribution in [0.3, 0.4) is 0 Å². The van der Waals surface area contributed by atoms with Gasteiger partial charge in [-0.25, -0.2) is 8.42 Å². The third kappa shape index (κ3) is 2.85. The molecule has 0 unspecified atom stereocenters. The number of nitrogens with two attached hydrogens (primary N) is 1. The Morgan fingerprint density at radius 2 is 2.00 bits per heavy atom. The summed E-state index contributed by atoms with van der Waals surface area (Å²) in [6.07, 6.45) is 2.58. The van der Waals surface area contributed by atoms with Crippen LogP contribution in [0.1, 0.15) is 13.3 Å². The second-order valence-corrected chi connectivity index (χ2v) is 6.78. The second-order valence-electron chi connectivity index (χ2n) is 4.48. The summed E-state index contributed by atoms with van der Waals surface area (Å²) in [4.78, 5) is 0. The van der Waals surface area contributed by atoms with Crippen LogP contribution >= 0.6 is 0 Å². The summed E-state index contributed by atoms with van der Waals surface area (Å²) in [6, 6.07) is 7.61. The van der Waals surface area contributed by atoms with Gasteiger partial charge < -0.3 is 10.3 Å². The molecule has 5 heteroatoms. The topological polar surface area (TPSA) is 65.1 Å². The molecule has 0 spiro atoms. The van der Waals surface area contributed by atoms with E-state index in [2.05, 4.69) is 0 Å². The number of nitrogen functional groups attached to an aromatic ring is 1. The van der Waals surface area contributed by atoms with Crippen molar-refractivity contribution >= 4 is 26.4 Å². The Morgan fingerprint density at radius 1 is 1.22 bits per heavy atom. The number of hydrogen-bond donors (Lipinski definition) is 1. The first kappa shape index (κ1) is 13.0. The molecule has 0 fully saturated rings. The Kier molecular flexibility index (Phi) is 3.61. The first-order chi connectivity index (χ1) is 8.52. The molecule has 4 nitrogen and oxygen atoms in total. The van der Waals surface area contributed by atoms with Crippen LogP contribution in [0.5, 0.6) is 0 Å². The molecule has 1 heterocycles. The molecule has 0 aliphatic heterocycles. The van der Waals surface area contributed by atoms with Crippen molar-refractivity contribution in [3.05, 3.63) is 30.5 Å². The first-order valence-corrected chi connectivity index (χ1v) is 7.89. The molecule has 2 aromatic rings. The molecule has 0 aliphatic carbocycles. The van der Waals surface area contributed by atoms with Crippen molar-refractivity contribution in [1.29, 1.82) is 0 Å². The lowest BCUT2D eigenvalue weighted by Gasteiger charge is -2.06. The Hall–Kier alpha value is -1.49. The molecule has 0 saturated carbocycles. The number of fused-ring (bicyclic) bond motifs is 1. The SMILES string of the molecule is CCCS(=O)(=O)CCn1ccc2cc(N)ccc21. The predicted molar refractivity (Wildman–Crippen MR) is 75.3 cm³/mol. The minimum Gasteiger partial charge on any atom is -0.399 e. The fourth-order valence-electron chi connectivity index (χ4n) is 2.06. The lowest BCUT2D eigenvalue weighted by atomic mass is 10.2. The lowest BCUT2D eigenvalue weighted by Crippen LogP contribution is -2.15. The highest BCUT2D eigenvalue weighted by atomic mass is 32.2. The number of rotatable bonds is 5. The highest BCUT2D eigenvalue weighted by molar-refractivity contribution is 7.91. The van der Waals surface area contributed by atoms with E-state index in [0.717, 1.165) is 16.6 Å². The van der Waals surface area contributed by atoms with Crippen LogP contribution in [0.2, 0.25) is 0 Å². The van der Waals surface area contributed by atoms with Crippen LogP contribution in [-0.4, -0.2) is 24.5 Å². The number of hydrogen-bond acceptors (Lipinski definition) is 3. The predicted octanol–water partition coefficient (Wildman–Crippen LogP) is 2.05. The molecular formula is C13H18N2O2S. The van der Waals surface area contributed by atoms with Crippen molar-refractivity contribution in [1.82, 2.24) is 4.57 Å². The summed E-state index contributed by atoms with van der Waals surface area (Å²) < 4.78 is 25.3. The number of sulfone groups is 1. The maximum Gasteiger partial charge on any atom is 0.152 e. The van der Waals surface area contributed by atoms with E-state index in [9.17, 15) is 8.42 Å².